The highest BCUT2D eigenvalue weighted by atomic mass is 19.1. The zero-order chi connectivity index (χ0) is 23.9. The Kier molecular flexibility index (Phi) is 7.44. The molecule has 0 bridgehead atoms. The Bertz CT molecular complexity index is 1220. The zero-order valence-corrected chi connectivity index (χ0v) is 18.4. The van der Waals surface area contributed by atoms with Crippen molar-refractivity contribution in [1.82, 2.24) is 9.97 Å². The minimum absolute atomic E-state index is 0.202. The third kappa shape index (κ3) is 5.94. The second kappa shape index (κ2) is 10.9. The molecule has 4 aromatic rings. The van der Waals surface area contributed by atoms with Gasteiger partial charge in [-0.3, -0.25) is 0 Å². The van der Waals surface area contributed by atoms with Crippen LogP contribution in [-0.4, -0.2) is 27.7 Å². The Morgan fingerprint density at radius 1 is 0.941 bits per heavy atom. The molecule has 0 saturated heterocycles. The molecular formula is C27H24F2N2O3. The van der Waals surface area contributed by atoms with E-state index in [0.29, 0.717) is 30.8 Å². The topological polar surface area (TPSA) is 75.2 Å². The van der Waals surface area contributed by atoms with E-state index in [4.69, 9.17) is 4.74 Å². The van der Waals surface area contributed by atoms with Crippen LogP contribution in [0, 0.1) is 11.6 Å². The van der Waals surface area contributed by atoms with E-state index in [0.717, 1.165) is 16.7 Å². The van der Waals surface area contributed by atoms with E-state index in [1.807, 2.05) is 6.07 Å². The smallest absolute Gasteiger partial charge is 0.335 e. The number of hydrogen-bond acceptors (Lipinski definition) is 3. The van der Waals surface area contributed by atoms with Crippen LogP contribution in [0.3, 0.4) is 0 Å². The van der Waals surface area contributed by atoms with Crippen molar-refractivity contribution in [3.05, 3.63) is 124 Å². The fourth-order valence-corrected chi connectivity index (χ4v) is 3.87. The van der Waals surface area contributed by atoms with E-state index in [2.05, 4.69) is 9.97 Å². The number of halogens is 2. The number of hydrogen-bond donors (Lipinski definition) is 2. The molecule has 0 amide bonds. The molecule has 0 aliphatic rings. The van der Waals surface area contributed by atoms with Gasteiger partial charge in [0.15, 0.2) is 0 Å². The first-order valence-corrected chi connectivity index (χ1v) is 10.9. The van der Waals surface area contributed by atoms with Crippen LogP contribution in [-0.2, 0) is 24.2 Å². The number of aromatic carboxylic acids is 1. The first-order chi connectivity index (χ1) is 16.5. The number of nitrogens with zero attached hydrogens (tertiary/aromatic N) is 1. The molecule has 1 atom stereocenters. The number of aromatic nitrogens is 2. The summed E-state index contributed by atoms with van der Waals surface area (Å²) in [6, 6.07) is 17.6. The Labute approximate surface area is 196 Å². The molecule has 1 heterocycles. The summed E-state index contributed by atoms with van der Waals surface area (Å²) in [4.78, 5) is 19.1. The summed E-state index contributed by atoms with van der Waals surface area (Å²) < 4.78 is 32.5. The lowest BCUT2D eigenvalue weighted by atomic mass is 9.97. The lowest BCUT2D eigenvalue weighted by Gasteiger charge is -2.16. The molecule has 7 heteroatoms. The van der Waals surface area contributed by atoms with E-state index in [9.17, 15) is 18.7 Å². The van der Waals surface area contributed by atoms with Crippen LogP contribution in [0.15, 0.2) is 79.1 Å². The molecule has 34 heavy (non-hydrogen) atoms. The maximum absolute atomic E-state index is 13.4. The fourth-order valence-electron chi connectivity index (χ4n) is 3.87. The first-order valence-electron chi connectivity index (χ1n) is 10.9. The molecule has 1 unspecified atom stereocenters. The average Bonchev–Trinajstić information content (AvgIpc) is 3.37. The predicted octanol–water partition coefficient (Wildman–Crippen LogP) is 5.52. The van der Waals surface area contributed by atoms with E-state index in [1.54, 1.807) is 48.8 Å². The number of benzene rings is 3. The molecule has 0 aliphatic heterocycles. The normalized spacial score (nSPS) is 11.9. The maximum Gasteiger partial charge on any atom is 0.335 e. The molecule has 5 nitrogen and oxygen atoms in total. The zero-order valence-electron chi connectivity index (χ0n) is 18.4. The van der Waals surface area contributed by atoms with Gasteiger partial charge >= 0.3 is 5.97 Å². The lowest BCUT2D eigenvalue weighted by molar-refractivity contribution is 0.0695. The number of H-pyrrole nitrogens is 1. The monoisotopic (exact) mass is 462 g/mol. The fraction of sp³-hybridized carbons (Fsp3) is 0.185. The highest BCUT2D eigenvalue weighted by Gasteiger charge is 2.18. The van der Waals surface area contributed by atoms with Gasteiger partial charge in [0, 0.05) is 12.4 Å². The van der Waals surface area contributed by atoms with Crippen molar-refractivity contribution in [1.29, 1.82) is 0 Å². The van der Waals surface area contributed by atoms with Crippen LogP contribution in [0.5, 0.6) is 0 Å². The van der Waals surface area contributed by atoms with Gasteiger partial charge in [-0.15, -0.1) is 0 Å². The van der Waals surface area contributed by atoms with Gasteiger partial charge in [-0.2, -0.15) is 0 Å². The summed E-state index contributed by atoms with van der Waals surface area (Å²) in [5.74, 6) is -1.09. The van der Waals surface area contributed by atoms with Gasteiger partial charge in [-0.1, -0.05) is 36.4 Å². The van der Waals surface area contributed by atoms with Crippen molar-refractivity contribution in [2.75, 3.05) is 6.61 Å². The Hall–Kier alpha value is -3.84. The van der Waals surface area contributed by atoms with Crippen molar-refractivity contribution < 1.29 is 23.4 Å². The van der Waals surface area contributed by atoms with Gasteiger partial charge in [0.25, 0.3) is 0 Å². The molecule has 2 N–H and O–H groups in total. The van der Waals surface area contributed by atoms with Gasteiger partial charge in [0.2, 0.25) is 0 Å². The SMILES string of the molecule is O=C(O)c1ccc(COCC(c2ccc(F)cc2)c2ncc[nH]2)cc1CCc1ccc(F)cc1. The number of carboxylic acid groups (broad SMARTS) is 1. The Morgan fingerprint density at radius 3 is 2.26 bits per heavy atom. The Balaban J connectivity index is 1.45. The minimum Gasteiger partial charge on any atom is -0.478 e. The minimum atomic E-state index is -0.990. The number of aryl methyl sites for hydroxylation is 2. The molecule has 0 radical (unpaired) electrons. The molecule has 174 valence electrons. The van der Waals surface area contributed by atoms with Crippen LogP contribution in [0.25, 0.3) is 0 Å². The maximum atomic E-state index is 13.4. The van der Waals surface area contributed by atoms with Gasteiger partial charge in [-0.05, 0) is 65.4 Å². The van der Waals surface area contributed by atoms with Gasteiger partial charge < -0.3 is 14.8 Å². The second-order valence-corrected chi connectivity index (χ2v) is 8.02. The van der Waals surface area contributed by atoms with Gasteiger partial charge in [0.1, 0.15) is 17.5 Å². The van der Waals surface area contributed by atoms with Crippen LogP contribution < -0.4 is 0 Å². The number of carbonyl (C=O) groups is 1. The molecule has 0 fully saturated rings. The van der Waals surface area contributed by atoms with Crippen molar-refractivity contribution in [3.8, 4) is 0 Å². The summed E-state index contributed by atoms with van der Waals surface area (Å²) >= 11 is 0. The summed E-state index contributed by atoms with van der Waals surface area (Å²) in [6.07, 6.45) is 4.48. The number of ether oxygens (including phenoxy) is 1. The number of rotatable bonds is 10. The van der Waals surface area contributed by atoms with Crippen LogP contribution >= 0.6 is 0 Å². The highest BCUT2D eigenvalue weighted by molar-refractivity contribution is 5.89. The summed E-state index contributed by atoms with van der Waals surface area (Å²) in [5, 5.41) is 9.57. The third-order valence-electron chi connectivity index (χ3n) is 5.67. The van der Waals surface area contributed by atoms with Crippen molar-refractivity contribution in [2.24, 2.45) is 0 Å². The highest BCUT2D eigenvalue weighted by Crippen LogP contribution is 2.24. The molecular weight excluding hydrogens is 438 g/mol. The van der Waals surface area contributed by atoms with Crippen LogP contribution in [0.4, 0.5) is 8.78 Å². The molecule has 0 aliphatic carbocycles. The number of imidazole rings is 1. The first kappa shape index (κ1) is 23.3. The number of nitrogens with one attached hydrogen (secondary N) is 1. The summed E-state index contributed by atoms with van der Waals surface area (Å²) in [6.45, 7) is 0.590. The van der Waals surface area contributed by atoms with E-state index < -0.39 is 5.97 Å². The average molecular weight is 462 g/mol. The summed E-state index contributed by atoms with van der Waals surface area (Å²) in [5.41, 5.74) is 3.58. The largest absolute Gasteiger partial charge is 0.478 e. The van der Waals surface area contributed by atoms with E-state index in [1.165, 1.54) is 24.3 Å². The molecule has 1 aromatic heterocycles. The summed E-state index contributed by atoms with van der Waals surface area (Å²) in [7, 11) is 0. The molecule has 0 saturated carbocycles. The van der Waals surface area contributed by atoms with Crippen molar-refractivity contribution >= 4 is 5.97 Å². The second-order valence-electron chi connectivity index (χ2n) is 8.02. The molecule has 3 aromatic carbocycles. The van der Waals surface area contributed by atoms with Crippen LogP contribution in [0.2, 0.25) is 0 Å². The Morgan fingerprint density at radius 2 is 1.62 bits per heavy atom. The lowest BCUT2D eigenvalue weighted by Crippen LogP contribution is -2.12. The quantitative estimate of drug-likeness (QED) is 0.325. The van der Waals surface area contributed by atoms with E-state index >= 15 is 0 Å². The molecule has 4 rings (SSSR count). The standard InChI is InChI=1S/C27H24F2N2O3/c28-22-8-2-18(3-9-22)1-5-21-15-19(4-12-24(21)27(32)33)16-34-17-25(26-30-13-14-31-26)20-6-10-23(29)11-7-20/h2-4,6-15,25H,1,5,16-17H2,(H,30,31)(H,32,33). The predicted molar refractivity (Wildman–Crippen MR) is 124 cm³/mol. The molecule has 0 spiro atoms. The van der Waals surface area contributed by atoms with Crippen molar-refractivity contribution in [3.63, 3.8) is 0 Å². The van der Waals surface area contributed by atoms with Crippen LogP contribution in [0.1, 0.15) is 44.4 Å². The third-order valence-corrected chi connectivity index (χ3v) is 5.67. The van der Waals surface area contributed by atoms with E-state index in [-0.39, 0.29) is 29.7 Å². The number of aromatic amines is 1. The van der Waals surface area contributed by atoms with Gasteiger partial charge in [-0.25, -0.2) is 18.6 Å². The van der Waals surface area contributed by atoms with Gasteiger partial charge in [0.05, 0.1) is 24.7 Å². The van der Waals surface area contributed by atoms with Crippen molar-refractivity contribution in [2.45, 2.75) is 25.4 Å². The number of carboxylic acids is 1.